The summed E-state index contributed by atoms with van der Waals surface area (Å²) in [6.45, 7) is 0. The van der Waals surface area contributed by atoms with Gasteiger partial charge in [-0.2, -0.15) is 9.25 Å². The summed E-state index contributed by atoms with van der Waals surface area (Å²) >= 11 is 0. The number of hydrogen-bond acceptors (Lipinski definition) is 7. The van der Waals surface area contributed by atoms with E-state index in [9.17, 15) is 4.57 Å². The van der Waals surface area contributed by atoms with Gasteiger partial charge in [-0.1, -0.05) is 0 Å². The van der Waals surface area contributed by atoms with Gasteiger partial charge in [0, 0.05) is 0 Å². The molecule has 9 heteroatoms. The molecule has 56 valence electrons. The van der Waals surface area contributed by atoms with Gasteiger partial charge in [0.25, 0.3) is 0 Å². The zero-order valence-corrected chi connectivity index (χ0v) is 5.17. The second-order valence-corrected chi connectivity index (χ2v) is 2.19. The summed E-state index contributed by atoms with van der Waals surface area (Å²) < 4.78 is 17.7. The van der Waals surface area contributed by atoms with Crippen molar-refractivity contribution in [3.8, 4) is 0 Å². The van der Waals surface area contributed by atoms with Crippen LogP contribution in [0.2, 0.25) is 0 Å². The first kappa shape index (κ1) is 8.95. The standard InChI is InChI=1S/H7N4O4P/c1-3-7-9(5,6)8-4-2/h3-4H,1-2H2,(H,5,6). The van der Waals surface area contributed by atoms with Crippen molar-refractivity contribution in [1.29, 1.82) is 0 Å². The van der Waals surface area contributed by atoms with E-state index in [4.69, 9.17) is 4.89 Å². The molecule has 0 saturated carbocycles. The third-order valence-corrected chi connectivity index (χ3v) is 1.01. The van der Waals surface area contributed by atoms with E-state index in [-0.39, 0.29) is 0 Å². The van der Waals surface area contributed by atoms with Crippen LogP contribution in [0, 0.1) is 0 Å². The van der Waals surface area contributed by atoms with Crippen molar-refractivity contribution in [2.24, 2.45) is 11.7 Å². The number of nitrogens with two attached hydrogens (primary N) is 2. The summed E-state index contributed by atoms with van der Waals surface area (Å²) in [7, 11) is -4.16. The number of hydrogen-bond donors (Lipinski definition) is 5. The topological polar surface area (TPSA) is 132 Å². The van der Waals surface area contributed by atoms with Gasteiger partial charge in [-0.15, -0.1) is 11.2 Å². The molecule has 0 saturated heterocycles. The lowest BCUT2D eigenvalue weighted by Crippen LogP contribution is -2.26. The monoisotopic (exact) mass is 158 g/mol. The third kappa shape index (κ3) is 4.45. The summed E-state index contributed by atoms with van der Waals surface area (Å²) in [6, 6.07) is 0. The first-order valence-electron chi connectivity index (χ1n) is 1.73. The molecule has 9 heavy (non-hydrogen) atoms. The Morgan fingerprint density at radius 1 is 1.33 bits per heavy atom. The van der Waals surface area contributed by atoms with Crippen LogP contribution in [-0.4, -0.2) is 4.89 Å². The van der Waals surface area contributed by atoms with Crippen LogP contribution in [0.1, 0.15) is 0 Å². The van der Waals surface area contributed by atoms with Crippen LogP contribution in [0.4, 0.5) is 0 Å². The van der Waals surface area contributed by atoms with Crippen LogP contribution in [0.5, 0.6) is 0 Å². The quantitative estimate of drug-likeness (QED) is 0.178. The molecule has 0 unspecified atom stereocenters. The molecule has 0 heterocycles. The maximum absolute atomic E-state index is 10.2. The molecule has 0 aromatic heterocycles. The first-order chi connectivity index (χ1) is 4.12. The summed E-state index contributed by atoms with van der Waals surface area (Å²) in [5, 5.41) is 0. The van der Waals surface area contributed by atoms with E-state index in [1.807, 2.05) is 0 Å². The van der Waals surface area contributed by atoms with Gasteiger partial charge in [-0.3, -0.25) is 0 Å². The summed E-state index contributed by atoms with van der Waals surface area (Å²) in [6.07, 6.45) is 0. The van der Waals surface area contributed by atoms with Crippen LogP contribution in [-0.2, 0) is 13.8 Å². The average molecular weight is 158 g/mol. The van der Waals surface area contributed by atoms with Crippen molar-refractivity contribution in [3.63, 3.8) is 0 Å². The lowest BCUT2D eigenvalue weighted by Gasteiger charge is -2.06. The average Bonchev–Trinajstić information content (AvgIpc) is 1.64. The molecule has 0 rings (SSSR count). The van der Waals surface area contributed by atoms with Gasteiger partial charge in [-0.25, -0.2) is 16.3 Å². The van der Waals surface area contributed by atoms with E-state index in [1.54, 1.807) is 0 Å². The van der Waals surface area contributed by atoms with Crippen molar-refractivity contribution in [3.05, 3.63) is 0 Å². The molecule has 0 spiro atoms. The van der Waals surface area contributed by atoms with Gasteiger partial charge in [0.15, 0.2) is 0 Å². The molecular formula is H7N4O4P. The predicted molar refractivity (Wildman–Crippen MR) is 26.6 cm³/mol. The predicted octanol–water partition coefficient (Wildman–Crippen LogP) is -2.12. The number of nitrogens with one attached hydrogen (secondary N) is 2. The molecule has 0 fully saturated rings. The van der Waals surface area contributed by atoms with E-state index in [0.717, 1.165) is 0 Å². The van der Waals surface area contributed by atoms with Crippen molar-refractivity contribution in [2.45, 2.75) is 0 Å². The summed E-state index contributed by atoms with van der Waals surface area (Å²) in [5.74, 6) is 8.98. The number of rotatable bonds is 4. The Morgan fingerprint density at radius 2 is 1.67 bits per heavy atom. The lowest BCUT2D eigenvalue weighted by molar-refractivity contribution is 0.0624. The van der Waals surface area contributed by atoms with Crippen molar-refractivity contribution in [1.82, 2.24) is 11.2 Å². The van der Waals surface area contributed by atoms with Gasteiger partial charge in [0.05, 0.1) is 0 Å². The maximum Gasteiger partial charge on any atom is 0.507 e. The van der Waals surface area contributed by atoms with E-state index in [2.05, 4.69) is 20.9 Å². The highest BCUT2D eigenvalue weighted by atomic mass is 31.2. The van der Waals surface area contributed by atoms with Crippen molar-refractivity contribution in [2.75, 3.05) is 0 Å². The zero-order chi connectivity index (χ0) is 7.33. The minimum absolute atomic E-state index is 1.46. The van der Waals surface area contributed by atoms with Crippen LogP contribution in [0.25, 0.3) is 0 Å². The number of hydrazine groups is 2. The van der Waals surface area contributed by atoms with Crippen LogP contribution in [0.15, 0.2) is 0 Å². The molecule has 0 aromatic carbocycles. The zero-order valence-electron chi connectivity index (χ0n) is 4.27. The minimum atomic E-state index is -4.16. The largest absolute Gasteiger partial charge is 0.507 e. The van der Waals surface area contributed by atoms with E-state index in [0.29, 0.717) is 0 Å². The molecular weight excluding hydrogens is 151 g/mol. The molecule has 0 bridgehead atoms. The Balaban J connectivity index is 3.58. The maximum atomic E-state index is 10.2. The Labute approximate surface area is 50.6 Å². The highest BCUT2D eigenvalue weighted by Gasteiger charge is 2.20. The van der Waals surface area contributed by atoms with Gasteiger partial charge in [0.1, 0.15) is 0 Å². The second-order valence-electron chi connectivity index (χ2n) is 0.887. The molecule has 0 atom stereocenters. The molecule has 8 nitrogen and oxygen atoms in total. The van der Waals surface area contributed by atoms with Crippen LogP contribution >= 0.6 is 7.82 Å². The van der Waals surface area contributed by atoms with E-state index in [1.165, 1.54) is 11.2 Å². The second kappa shape index (κ2) is 3.88. The fourth-order valence-corrected chi connectivity index (χ4v) is 0.456. The number of phosphoric acid groups is 1. The lowest BCUT2D eigenvalue weighted by atomic mass is 12.8. The van der Waals surface area contributed by atoms with E-state index >= 15 is 0 Å². The molecule has 0 amide bonds. The molecule has 0 radical (unpaired) electrons. The third-order valence-electron chi connectivity index (χ3n) is 0.336. The van der Waals surface area contributed by atoms with Gasteiger partial charge >= 0.3 is 7.82 Å². The van der Waals surface area contributed by atoms with Crippen LogP contribution in [0.3, 0.4) is 0 Å². The Hall–Kier alpha value is -0.0500. The van der Waals surface area contributed by atoms with E-state index < -0.39 is 7.82 Å². The van der Waals surface area contributed by atoms with Gasteiger partial charge < -0.3 is 4.89 Å². The van der Waals surface area contributed by atoms with Gasteiger partial charge in [-0.05, 0) is 0 Å². The molecule has 0 aliphatic rings. The first-order valence-corrected chi connectivity index (χ1v) is 3.23. The summed E-state index contributed by atoms with van der Waals surface area (Å²) in [5.41, 5.74) is 2.92. The fourth-order valence-electron chi connectivity index (χ4n) is 0.152. The molecule has 0 aliphatic heterocycles. The normalized spacial score (nSPS) is 11.9. The molecule has 0 aliphatic carbocycles. The van der Waals surface area contributed by atoms with Crippen LogP contribution < -0.4 is 22.9 Å². The fraction of sp³-hybridized carbons (Fsp3) is 0. The highest BCUT2D eigenvalue weighted by Crippen LogP contribution is 2.39. The Bertz CT molecular complexity index is 103. The molecule has 0 aromatic rings. The summed E-state index contributed by atoms with van der Waals surface area (Å²) in [4.78, 5) is 8.34. The highest BCUT2D eigenvalue weighted by molar-refractivity contribution is 7.47. The Kier molecular flexibility index (Phi) is 3.86. The smallest absolute Gasteiger partial charge is 0.300 e. The SMILES string of the molecule is NNOP(=O)(O)ONN. The molecule has 7 N–H and O–H groups in total. The van der Waals surface area contributed by atoms with Crippen molar-refractivity contribution >= 4 is 7.82 Å². The van der Waals surface area contributed by atoms with Gasteiger partial charge in [0.2, 0.25) is 0 Å². The minimum Gasteiger partial charge on any atom is -0.300 e. The Morgan fingerprint density at radius 3 is 1.89 bits per heavy atom. The van der Waals surface area contributed by atoms with Crippen molar-refractivity contribution < 1.29 is 18.7 Å².